The molecule has 152 valence electrons. The number of carboxylic acid groups (broad SMARTS) is 1. The number of aliphatic carboxylic acids is 1. The lowest BCUT2D eigenvalue weighted by Crippen LogP contribution is -2.34. The number of nitrogen functional groups attached to an aromatic ring is 1. The van der Waals surface area contributed by atoms with Crippen molar-refractivity contribution in [1.29, 1.82) is 5.41 Å². The van der Waals surface area contributed by atoms with Gasteiger partial charge in [-0.25, -0.2) is 0 Å². The van der Waals surface area contributed by atoms with Gasteiger partial charge < -0.3 is 31.0 Å². The molecule has 0 spiro atoms. The molecule has 7 nitrogen and oxygen atoms in total. The first-order chi connectivity index (χ1) is 12.8. The molecule has 28 heavy (non-hydrogen) atoms. The molecule has 2 aromatic carbocycles. The number of hydrogen-bond donors (Lipinski definition) is 4. The summed E-state index contributed by atoms with van der Waals surface area (Å²) in [6.07, 6.45) is 0. The van der Waals surface area contributed by atoms with Gasteiger partial charge in [-0.3, -0.25) is 5.41 Å². The van der Waals surface area contributed by atoms with Crippen molar-refractivity contribution in [3.8, 4) is 5.75 Å². The van der Waals surface area contributed by atoms with Gasteiger partial charge in [0.15, 0.2) is 0 Å². The van der Waals surface area contributed by atoms with Gasteiger partial charge in [0, 0.05) is 17.3 Å². The quantitative estimate of drug-likeness (QED) is 0.375. The van der Waals surface area contributed by atoms with Crippen LogP contribution in [-0.4, -0.2) is 24.5 Å². The van der Waals surface area contributed by atoms with Crippen molar-refractivity contribution in [2.24, 2.45) is 5.73 Å². The lowest BCUT2D eigenvalue weighted by molar-refractivity contribution is -0.307. The highest BCUT2D eigenvalue weighted by Gasteiger charge is 2.16. The maximum absolute atomic E-state index is 11.7. The van der Waals surface area contributed by atoms with Crippen LogP contribution in [0.1, 0.15) is 37.9 Å². The smallest absolute Gasteiger partial charge is 0.142 e. The van der Waals surface area contributed by atoms with Gasteiger partial charge >= 0.3 is 0 Å². The topological polar surface area (TPSA) is 123 Å². The molecule has 0 fully saturated rings. The van der Waals surface area contributed by atoms with Gasteiger partial charge in [0.05, 0.1) is 24.3 Å². The fourth-order valence-electron chi connectivity index (χ4n) is 2.61. The normalized spacial score (nSPS) is 11.3. The van der Waals surface area contributed by atoms with Crippen molar-refractivity contribution in [2.45, 2.75) is 32.9 Å². The SMILES string of the molecule is CCOc1cc(C(Nc2ccc(C(=N)N)cc2)C(=O)[O-])ccc1NC(C)C.Cl. The van der Waals surface area contributed by atoms with Crippen molar-refractivity contribution < 1.29 is 14.6 Å². The van der Waals surface area contributed by atoms with E-state index >= 15 is 0 Å². The zero-order valence-corrected chi connectivity index (χ0v) is 16.9. The summed E-state index contributed by atoms with van der Waals surface area (Å²) in [4.78, 5) is 11.7. The third-order valence-corrected chi connectivity index (χ3v) is 3.83. The molecule has 0 aromatic heterocycles. The Balaban J connectivity index is 0.00000392. The Morgan fingerprint density at radius 3 is 2.32 bits per heavy atom. The molecule has 1 unspecified atom stereocenters. The molecule has 0 bridgehead atoms. The minimum absolute atomic E-state index is 0. The summed E-state index contributed by atoms with van der Waals surface area (Å²) in [6.45, 7) is 6.36. The van der Waals surface area contributed by atoms with Gasteiger partial charge in [0.25, 0.3) is 0 Å². The Morgan fingerprint density at radius 1 is 1.18 bits per heavy atom. The van der Waals surface area contributed by atoms with E-state index < -0.39 is 12.0 Å². The maximum Gasteiger partial charge on any atom is 0.142 e. The van der Waals surface area contributed by atoms with Crippen LogP contribution in [0.15, 0.2) is 42.5 Å². The minimum Gasteiger partial charge on any atom is -0.548 e. The third kappa shape index (κ3) is 6.06. The number of anilines is 2. The molecule has 0 aliphatic carbocycles. The molecule has 0 aliphatic heterocycles. The summed E-state index contributed by atoms with van der Waals surface area (Å²) in [5.74, 6) is -0.714. The number of halogens is 1. The highest BCUT2D eigenvalue weighted by Crippen LogP contribution is 2.30. The molecule has 1 atom stereocenters. The Morgan fingerprint density at radius 2 is 1.82 bits per heavy atom. The van der Waals surface area contributed by atoms with Crippen LogP contribution in [0.4, 0.5) is 11.4 Å². The summed E-state index contributed by atoms with van der Waals surface area (Å²) in [5.41, 5.74) is 7.90. The summed E-state index contributed by atoms with van der Waals surface area (Å²) in [6, 6.07) is 11.0. The van der Waals surface area contributed by atoms with Crippen molar-refractivity contribution in [2.75, 3.05) is 17.2 Å². The van der Waals surface area contributed by atoms with E-state index in [2.05, 4.69) is 10.6 Å². The van der Waals surface area contributed by atoms with Crippen LogP contribution in [0.3, 0.4) is 0 Å². The number of carbonyl (C=O) groups excluding carboxylic acids is 1. The fourth-order valence-corrected chi connectivity index (χ4v) is 2.61. The monoisotopic (exact) mass is 405 g/mol. The van der Waals surface area contributed by atoms with Gasteiger partial charge in [-0.2, -0.15) is 0 Å². The average molecular weight is 406 g/mol. The third-order valence-electron chi connectivity index (χ3n) is 3.83. The molecule has 8 heteroatoms. The van der Waals surface area contributed by atoms with Crippen LogP contribution in [0.25, 0.3) is 0 Å². The first-order valence-corrected chi connectivity index (χ1v) is 8.77. The van der Waals surface area contributed by atoms with E-state index in [1.54, 1.807) is 42.5 Å². The molecular weight excluding hydrogens is 380 g/mol. The number of ether oxygens (including phenoxy) is 1. The molecule has 0 heterocycles. The number of rotatable bonds is 9. The second-order valence-electron chi connectivity index (χ2n) is 6.38. The summed E-state index contributed by atoms with van der Waals surface area (Å²) in [7, 11) is 0. The summed E-state index contributed by atoms with van der Waals surface area (Å²) in [5, 5.41) is 25.4. The number of nitrogens with two attached hydrogens (primary N) is 1. The lowest BCUT2D eigenvalue weighted by atomic mass is 10.0. The zero-order chi connectivity index (χ0) is 20.0. The van der Waals surface area contributed by atoms with Crippen LogP contribution in [0.2, 0.25) is 0 Å². The second-order valence-corrected chi connectivity index (χ2v) is 6.38. The number of nitrogens with one attached hydrogen (secondary N) is 3. The largest absolute Gasteiger partial charge is 0.548 e. The molecule has 2 aromatic rings. The first-order valence-electron chi connectivity index (χ1n) is 8.77. The van der Waals surface area contributed by atoms with Crippen molar-refractivity contribution >= 4 is 35.6 Å². The van der Waals surface area contributed by atoms with Crippen molar-refractivity contribution in [1.82, 2.24) is 0 Å². The van der Waals surface area contributed by atoms with Gasteiger partial charge in [-0.15, -0.1) is 12.4 Å². The van der Waals surface area contributed by atoms with Gasteiger partial charge in [0.2, 0.25) is 0 Å². The zero-order valence-electron chi connectivity index (χ0n) is 16.1. The van der Waals surface area contributed by atoms with Crippen molar-refractivity contribution in [3.05, 3.63) is 53.6 Å². The van der Waals surface area contributed by atoms with E-state index in [9.17, 15) is 9.90 Å². The minimum atomic E-state index is -1.25. The van der Waals surface area contributed by atoms with Crippen LogP contribution < -0.4 is 26.2 Å². The Kier molecular flexibility index (Phi) is 8.60. The Hall–Kier alpha value is -2.93. The van der Waals surface area contributed by atoms with E-state index in [1.165, 1.54) is 0 Å². The Bertz CT molecular complexity index is 810. The standard InChI is InChI=1S/C20H26N4O3.ClH/c1-4-27-17-11-14(7-10-16(17)23-12(2)3)18(20(25)26)24-15-8-5-13(6-9-15)19(21)22;/h5-12,18,23-24H,4H2,1-3H3,(H3,21,22)(H,25,26);1H/p-1. The summed E-state index contributed by atoms with van der Waals surface area (Å²) >= 11 is 0. The lowest BCUT2D eigenvalue weighted by Gasteiger charge is -2.23. The van der Waals surface area contributed by atoms with Crippen molar-refractivity contribution in [3.63, 3.8) is 0 Å². The molecule has 0 amide bonds. The fraction of sp³-hybridized carbons (Fsp3) is 0.300. The molecule has 0 aliphatic rings. The van der Waals surface area contributed by atoms with Gasteiger partial charge in [0.1, 0.15) is 11.6 Å². The van der Waals surface area contributed by atoms with E-state index in [0.29, 0.717) is 29.2 Å². The number of amidine groups is 1. The predicted molar refractivity (Wildman–Crippen MR) is 112 cm³/mol. The first kappa shape index (κ1) is 23.1. The van der Waals surface area contributed by atoms with Crippen LogP contribution in [-0.2, 0) is 4.79 Å². The van der Waals surface area contributed by atoms with E-state index in [1.807, 2.05) is 20.8 Å². The molecule has 5 N–H and O–H groups in total. The maximum atomic E-state index is 11.7. The van der Waals surface area contributed by atoms with E-state index in [0.717, 1.165) is 5.69 Å². The van der Waals surface area contributed by atoms with Crippen LogP contribution in [0.5, 0.6) is 5.75 Å². The Labute approximate surface area is 171 Å². The van der Waals surface area contributed by atoms with Gasteiger partial charge in [-0.05, 0) is 62.7 Å². The number of benzene rings is 2. The van der Waals surface area contributed by atoms with E-state index in [-0.39, 0.29) is 24.3 Å². The number of carboxylic acids is 1. The van der Waals surface area contributed by atoms with Crippen LogP contribution in [0, 0.1) is 5.41 Å². The average Bonchev–Trinajstić information content (AvgIpc) is 2.61. The molecule has 0 saturated carbocycles. The molecule has 0 saturated heterocycles. The number of carbonyl (C=O) groups is 1. The molecular formula is C20H26ClN4O3-. The molecule has 2 rings (SSSR count). The highest BCUT2D eigenvalue weighted by molar-refractivity contribution is 5.95. The highest BCUT2D eigenvalue weighted by atomic mass is 35.5. The summed E-state index contributed by atoms with van der Waals surface area (Å²) < 4.78 is 5.66. The predicted octanol–water partition coefficient (Wildman–Crippen LogP) is 2.51. The second kappa shape index (κ2) is 10.4. The van der Waals surface area contributed by atoms with Crippen LogP contribution >= 0.6 is 12.4 Å². The molecule has 0 radical (unpaired) electrons. The van der Waals surface area contributed by atoms with Gasteiger partial charge in [-0.1, -0.05) is 6.07 Å². The van der Waals surface area contributed by atoms with E-state index in [4.69, 9.17) is 15.9 Å². The number of hydrogen-bond acceptors (Lipinski definition) is 6.